The summed E-state index contributed by atoms with van der Waals surface area (Å²) in [6, 6.07) is 8.62. The van der Waals surface area contributed by atoms with Gasteiger partial charge in [0.25, 0.3) is 0 Å². The highest BCUT2D eigenvalue weighted by Crippen LogP contribution is 2.13. The maximum atomic E-state index is 11.3. The van der Waals surface area contributed by atoms with E-state index in [0.717, 1.165) is 0 Å². The van der Waals surface area contributed by atoms with E-state index in [0.29, 0.717) is 17.7 Å². The quantitative estimate of drug-likeness (QED) is 0.771. The third-order valence-corrected chi connectivity index (χ3v) is 5.05. The van der Waals surface area contributed by atoms with Gasteiger partial charge in [0.15, 0.2) is 9.84 Å². The van der Waals surface area contributed by atoms with E-state index in [1.165, 1.54) is 0 Å². The highest BCUT2D eigenvalue weighted by molar-refractivity contribution is 7.91. The average Bonchev–Trinajstić information content (AvgIpc) is 2.82. The van der Waals surface area contributed by atoms with Crippen molar-refractivity contribution in [1.82, 2.24) is 5.32 Å². The van der Waals surface area contributed by atoms with Gasteiger partial charge in [-0.25, -0.2) is 8.42 Å². The molecule has 2 unspecified atom stereocenters. The molecule has 0 aliphatic carbocycles. The van der Waals surface area contributed by atoms with Crippen LogP contribution in [-0.4, -0.2) is 50.3 Å². The second-order valence-electron chi connectivity index (χ2n) is 5.11. The van der Waals surface area contributed by atoms with Gasteiger partial charge in [-0.15, -0.1) is 0 Å². The van der Waals surface area contributed by atoms with E-state index in [1.54, 1.807) is 24.3 Å². The van der Waals surface area contributed by atoms with Crippen LogP contribution in [0.5, 0.6) is 5.75 Å². The van der Waals surface area contributed by atoms with Crippen molar-refractivity contribution in [3.8, 4) is 11.8 Å². The Labute approximate surface area is 124 Å². The van der Waals surface area contributed by atoms with E-state index in [1.807, 2.05) is 6.07 Å². The molecule has 2 N–H and O–H groups in total. The third kappa shape index (κ3) is 5.01. The summed E-state index contributed by atoms with van der Waals surface area (Å²) >= 11 is 0. The fourth-order valence-electron chi connectivity index (χ4n) is 2.17. The fraction of sp³-hybridized carbons (Fsp3) is 0.500. The Hall–Kier alpha value is -1.62. The lowest BCUT2D eigenvalue weighted by atomic mass is 10.2. The molecule has 0 radical (unpaired) electrons. The van der Waals surface area contributed by atoms with Crippen molar-refractivity contribution in [3.63, 3.8) is 0 Å². The number of nitriles is 1. The van der Waals surface area contributed by atoms with Crippen molar-refractivity contribution >= 4 is 9.84 Å². The molecule has 0 aromatic heterocycles. The Kier molecular flexibility index (Phi) is 5.17. The van der Waals surface area contributed by atoms with E-state index < -0.39 is 15.9 Å². The van der Waals surface area contributed by atoms with Crippen LogP contribution in [0, 0.1) is 11.3 Å². The number of nitrogens with zero attached hydrogens (tertiary/aromatic N) is 1. The maximum Gasteiger partial charge on any atom is 0.151 e. The van der Waals surface area contributed by atoms with Crippen molar-refractivity contribution < 1.29 is 18.3 Å². The molecular weight excluding hydrogens is 292 g/mol. The molecule has 0 bridgehead atoms. The molecule has 1 aromatic rings. The molecule has 7 heteroatoms. The Balaban J connectivity index is 1.72. The molecule has 114 valence electrons. The first kappa shape index (κ1) is 15.8. The van der Waals surface area contributed by atoms with Gasteiger partial charge in [-0.2, -0.15) is 5.26 Å². The number of hydrogen-bond acceptors (Lipinski definition) is 6. The molecule has 1 fully saturated rings. The van der Waals surface area contributed by atoms with E-state index in [-0.39, 0.29) is 30.7 Å². The van der Waals surface area contributed by atoms with Gasteiger partial charge in [-0.1, -0.05) is 6.07 Å². The summed E-state index contributed by atoms with van der Waals surface area (Å²) in [6.07, 6.45) is -0.154. The molecule has 1 saturated heterocycles. The predicted octanol–water partition coefficient (Wildman–Crippen LogP) is 0.0747. The lowest BCUT2D eigenvalue weighted by Crippen LogP contribution is -2.38. The van der Waals surface area contributed by atoms with Crippen molar-refractivity contribution in [1.29, 1.82) is 5.26 Å². The van der Waals surface area contributed by atoms with Gasteiger partial charge in [0.05, 0.1) is 23.1 Å². The van der Waals surface area contributed by atoms with E-state index in [2.05, 4.69) is 5.32 Å². The van der Waals surface area contributed by atoms with Crippen LogP contribution in [0.25, 0.3) is 0 Å². The SMILES string of the molecule is N#Cc1cccc(OCC(O)CNC2CCS(=O)(=O)C2)c1. The Morgan fingerprint density at radius 2 is 2.33 bits per heavy atom. The van der Waals surface area contributed by atoms with Crippen LogP contribution in [0.15, 0.2) is 24.3 Å². The number of nitrogens with one attached hydrogen (secondary N) is 1. The fourth-order valence-corrected chi connectivity index (χ4v) is 3.87. The van der Waals surface area contributed by atoms with Crippen LogP contribution < -0.4 is 10.1 Å². The second kappa shape index (κ2) is 6.89. The number of aliphatic hydroxyl groups is 1. The number of hydrogen-bond donors (Lipinski definition) is 2. The van der Waals surface area contributed by atoms with Gasteiger partial charge in [0, 0.05) is 12.6 Å². The monoisotopic (exact) mass is 310 g/mol. The van der Waals surface area contributed by atoms with Crippen molar-refractivity contribution in [2.24, 2.45) is 0 Å². The zero-order valence-electron chi connectivity index (χ0n) is 11.5. The molecule has 21 heavy (non-hydrogen) atoms. The molecule has 0 spiro atoms. The second-order valence-corrected chi connectivity index (χ2v) is 7.34. The minimum absolute atomic E-state index is 0.0847. The summed E-state index contributed by atoms with van der Waals surface area (Å²) in [5.74, 6) is 0.861. The first-order valence-corrected chi connectivity index (χ1v) is 8.55. The van der Waals surface area contributed by atoms with E-state index in [4.69, 9.17) is 10.00 Å². The molecule has 1 heterocycles. The number of rotatable bonds is 6. The van der Waals surface area contributed by atoms with Gasteiger partial charge in [0.2, 0.25) is 0 Å². The highest BCUT2D eigenvalue weighted by Gasteiger charge is 2.27. The summed E-state index contributed by atoms with van der Waals surface area (Å²) in [6.45, 7) is 0.361. The van der Waals surface area contributed by atoms with Crippen LogP contribution in [0.1, 0.15) is 12.0 Å². The van der Waals surface area contributed by atoms with Crippen LogP contribution in [0.4, 0.5) is 0 Å². The zero-order valence-corrected chi connectivity index (χ0v) is 12.3. The van der Waals surface area contributed by atoms with E-state index in [9.17, 15) is 13.5 Å². The smallest absolute Gasteiger partial charge is 0.151 e. The molecule has 2 atom stereocenters. The molecule has 1 aromatic carbocycles. The van der Waals surface area contributed by atoms with Crippen molar-refractivity contribution in [2.45, 2.75) is 18.6 Å². The van der Waals surface area contributed by atoms with Crippen LogP contribution in [0.2, 0.25) is 0 Å². The van der Waals surface area contributed by atoms with E-state index >= 15 is 0 Å². The molecule has 1 aliphatic rings. The van der Waals surface area contributed by atoms with Gasteiger partial charge in [0.1, 0.15) is 18.5 Å². The molecule has 0 amide bonds. The summed E-state index contributed by atoms with van der Waals surface area (Å²) in [5, 5.41) is 21.6. The number of aliphatic hydroxyl groups excluding tert-OH is 1. The highest BCUT2D eigenvalue weighted by atomic mass is 32.2. The minimum Gasteiger partial charge on any atom is -0.491 e. The third-order valence-electron chi connectivity index (χ3n) is 3.28. The number of sulfone groups is 1. The molecule has 6 nitrogen and oxygen atoms in total. The van der Waals surface area contributed by atoms with Gasteiger partial charge in [-0.3, -0.25) is 0 Å². The normalized spacial score (nSPS) is 21.6. The topological polar surface area (TPSA) is 99.4 Å². The Bertz CT molecular complexity index is 624. The summed E-state index contributed by atoms with van der Waals surface area (Å²) in [7, 11) is -2.91. The van der Waals surface area contributed by atoms with Crippen LogP contribution in [0.3, 0.4) is 0 Å². The van der Waals surface area contributed by atoms with Gasteiger partial charge >= 0.3 is 0 Å². The minimum atomic E-state index is -2.91. The Morgan fingerprint density at radius 1 is 1.52 bits per heavy atom. The first-order valence-electron chi connectivity index (χ1n) is 6.73. The van der Waals surface area contributed by atoms with Gasteiger partial charge in [-0.05, 0) is 24.6 Å². The van der Waals surface area contributed by atoms with Crippen LogP contribution >= 0.6 is 0 Å². The molecule has 1 aliphatic heterocycles. The Morgan fingerprint density at radius 3 is 3.00 bits per heavy atom. The van der Waals surface area contributed by atoms with Crippen molar-refractivity contribution in [3.05, 3.63) is 29.8 Å². The average molecular weight is 310 g/mol. The lowest BCUT2D eigenvalue weighted by molar-refractivity contribution is 0.104. The number of ether oxygens (including phenoxy) is 1. The largest absolute Gasteiger partial charge is 0.491 e. The first-order chi connectivity index (χ1) is 9.98. The summed E-state index contributed by atoms with van der Waals surface area (Å²) in [4.78, 5) is 0. The molecular formula is C14H18N2O4S. The van der Waals surface area contributed by atoms with Gasteiger partial charge < -0.3 is 15.2 Å². The number of benzene rings is 1. The zero-order chi connectivity index (χ0) is 15.3. The molecule has 0 saturated carbocycles. The standard InChI is InChI=1S/C14H18N2O4S/c15-7-11-2-1-3-14(6-11)20-9-13(17)8-16-12-4-5-21(18,19)10-12/h1-3,6,12-13,16-17H,4-5,8-10H2. The van der Waals surface area contributed by atoms with Crippen LogP contribution in [-0.2, 0) is 9.84 Å². The van der Waals surface area contributed by atoms with Crippen molar-refractivity contribution in [2.75, 3.05) is 24.7 Å². The maximum absolute atomic E-state index is 11.3. The molecule has 2 rings (SSSR count). The summed E-state index contributed by atoms with van der Waals surface area (Å²) in [5.41, 5.74) is 0.497. The predicted molar refractivity (Wildman–Crippen MR) is 77.7 cm³/mol. The summed E-state index contributed by atoms with van der Waals surface area (Å²) < 4.78 is 28.0. The lowest BCUT2D eigenvalue weighted by Gasteiger charge is -2.16.